The van der Waals surface area contributed by atoms with Crippen LogP contribution in [0.25, 0.3) is 0 Å². The Hall–Kier alpha value is -1.94. The van der Waals surface area contributed by atoms with Crippen LogP contribution >= 0.6 is 11.3 Å². The van der Waals surface area contributed by atoms with Crippen LogP contribution in [0.15, 0.2) is 24.3 Å². The van der Waals surface area contributed by atoms with Gasteiger partial charge in [0.15, 0.2) is 0 Å². The Bertz CT molecular complexity index is 752. The van der Waals surface area contributed by atoms with Crippen LogP contribution in [0.1, 0.15) is 75.1 Å². The molecule has 0 saturated heterocycles. The van der Waals surface area contributed by atoms with Gasteiger partial charge in [0.05, 0.1) is 16.8 Å². The van der Waals surface area contributed by atoms with Gasteiger partial charge in [0, 0.05) is 9.75 Å². The number of hydrogen-bond acceptors (Lipinski definition) is 3. The number of anilines is 1. The highest BCUT2D eigenvalue weighted by Crippen LogP contribution is 2.36. The zero-order valence-electron chi connectivity index (χ0n) is 15.2. The fourth-order valence-electron chi connectivity index (χ4n) is 3.49. The van der Waals surface area contributed by atoms with Crippen molar-refractivity contribution in [2.24, 2.45) is 0 Å². The third kappa shape index (κ3) is 3.40. The van der Waals surface area contributed by atoms with Crippen molar-refractivity contribution in [1.82, 2.24) is 0 Å². The Kier molecular flexibility index (Phi) is 5.38. The van der Waals surface area contributed by atoms with Gasteiger partial charge in [0.1, 0.15) is 0 Å². The normalized spacial score (nSPS) is 13.6. The third-order valence-corrected chi connectivity index (χ3v) is 5.88. The van der Waals surface area contributed by atoms with E-state index in [2.05, 4.69) is 6.92 Å². The van der Waals surface area contributed by atoms with Gasteiger partial charge in [-0.2, -0.15) is 0 Å². The molecule has 0 fully saturated rings. The quantitative estimate of drug-likeness (QED) is 0.473. The molecule has 0 atom stereocenters. The minimum absolute atomic E-state index is 0.186. The van der Waals surface area contributed by atoms with Crippen molar-refractivity contribution in [2.75, 3.05) is 4.90 Å². The van der Waals surface area contributed by atoms with E-state index in [1.165, 1.54) is 53.9 Å². The van der Waals surface area contributed by atoms with Crippen LogP contribution in [0.5, 0.6) is 0 Å². The zero-order chi connectivity index (χ0) is 18.0. The summed E-state index contributed by atoms with van der Waals surface area (Å²) in [7, 11) is 0. The van der Waals surface area contributed by atoms with E-state index in [0.717, 1.165) is 16.2 Å². The lowest BCUT2D eigenvalue weighted by Crippen LogP contribution is -2.29. The Morgan fingerprint density at radius 1 is 0.840 bits per heavy atom. The largest absolute Gasteiger partial charge is 0.268 e. The van der Waals surface area contributed by atoms with E-state index in [9.17, 15) is 9.59 Å². The molecule has 3 rings (SSSR count). The highest BCUT2D eigenvalue weighted by molar-refractivity contribution is 7.12. The number of imide groups is 1. The second-order valence-electron chi connectivity index (χ2n) is 6.74. The van der Waals surface area contributed by atoms with Crippen molar-refractivity contribution < 1.29 is 9.59 Å². The van der Waals surface area contributed by atoms with Crippen LogP contribution in [0.4, 0.5) is 5.69 Å². The van der Waals surface area contributed by atoms with Crippen LogP contribution in [0.2, 0.25) is 0 Å². The highest BCUT2D eigenvalue weighted by Gasteiger charge is 2.40. The maximum absolute atomic E-state index is 12.7. The zero-order valence-corrected chi connectivity index (χ0v) is 16.0. The third-order valence-electron chi connectivity index (χ3n) is 4.86. The Balaban J connectivity index is 1.70. The molecule has 1 aromatic carbocycles. The first-order chi connectivity index (χ1) is 12.0. The molecule has 0 unspecified atom stereocenters. The minimum Gasteiger partial charge on any atom is -0.268 e. The van der Waals surface area contributed by atoms with Crippen molar-refractivity contribution in [3.05, 3.63) is 50.7 Å². The molecule has 25 heavy (non-hydrogen) atoms. The number of carbonyl (C=O) groups is 2. The average molecular weight is 356 g/mol. The lowest BCUT2D eigenvalue weighted by atomic mass is 10.1. The van der Waals surface area contributed by atoms with E-state index in [-0.39, 0.29) is 11.8 Å². The molecule has 2 aromatic rings. The molecular weight excluding hydrogens is 330 g/mol. The summed E-state index contributed by atoms with van der Waals surface area (Å²) in [6, 6.07) is 7.89. The summed E-state index contributed by atoms with van der Waals surface area (Å²) in [5.41, 5.74) is 3.12. The summed E-state index contributed by atoms with van der Waals surface area (Å²) in [5.74, 6) is -0.372. The summed E-state index contributed by atoms with van der Waals surface area (Å²) in [6.07, 6.45) is 7.37. The average Bonchev–Trinajstić information content (AvgIpc) is 3.04. The van der Waals surface area contributed by atoms with Gasteiger partial charge in [0.2, 0.25) is 0 Å². The number of amides is 2. The lowest BCUT2D eigenvalue weighted by Gasteiger charge is -2.15. The number of thiophene rings is 1. The fraction of sp³-hybridized carbons (Fsp3) is 0.429. The van der Waals surface area contributed by atoms with Gasteiger partial charge in [-0.25, -0.2) is 4.90 Å². The van der Waals surface area contributed by atoms with Crippen molar-refractivity contribution in [1.29, 1.82) is 0 Å². The summed E-state index contributed by atoms with van der Waals surface area (Å²) in [5, 5.41) is 0. The first kappa shape index (κ1) is 17.9. The van der Waals surface area contributed by atoms with Crippen molar-refractivity contribution in [3.63, 3.8) is 0 Å². The number of nitrogens with zero attached hydrogens (tertiary/aromatic N) is 1. The first-order valence-corrected chi connectivity index (χ1v) is 9.94. The molecule has 0 saturated carbocycles. The van der Waals surface area contributed by atoms with E-state index < -0.39 is 0 Å². The number of unbranched alkanes of at least 4 members (excludes halogenated alkanes) is 4. The number of rotatable bonds is 7. The highest BCUT2D eigenvalue weighted by atomic mass is 32.1. The molecule has 0 N–H and O–H groups in total. The standard InChI is InChI=1S/C21H25NO2S/c1-4-5-6-7-8-9-16-10-12-17(13-11-16)22-20(23)18-14(2)25-15(3)19(18)21(22)24/h10-13H,4-9H2,1-3H3. The predicted octanol–water partition coefficient (Wildman–Crippen LogP) is 5.68. The van der Waals surface area contributed by atoms with Gasteiger partial charge < -0.3 is 0 Å². The summed E-state index contributed by atoms with van der Waals surface area (Å²) in [6.45, 7) is 6.04. The number of benzene rings is 1. The van der Waals surface area contributed by atoms with E-state index in [1.54, 1.807) is 0 Å². The molecule has 1 aliphatic rings. The first-order valence-electron chi connectivity index (χ1n) is 9.12. The maximum Gasteiger partial charge on any atom is 0.267 e. The topological polar surface area (TPSA) is 37.4 Å². The number of aryl methyl sites for hydroxylation is 3. The SMILES string of the molecule is CCCCCCCc1ccc(N2C(=O)c3c(C)sc(C)c3C2=O)cc1. The molecule has 0 bridgehead atoms. The molecule has 132 valence electrons. The maximum atomic E-state index is 12.7. The molecule has 1 aliphatic heterocycles. The second kappa shape index (κ2) is 7.52. The second-order valence-corrected chi connectivity index (χ2v) is 8.17. The van der Waals surface area contributed by atoms with Gasteiger partial charge in [-0.15, -0.1) is 11.3 Å². The van der Waals surface area contributed by atoms with Gasteiger partial charge in [0.25, 0.3) is 11.8 Å². The molecular formula is C21H25NO2S. The molecule has 0 aliphatic carbocycles. The smallest absolute Gasteiger partial charge is 0.267 e. The fourth-order valence-corrected chi connectivity index (χ4v) is 4.54. The Morgan fingerprint density at radius 3 is 1.96 bits per heavy atom. The van der Waals surface area contributed by atoms with Crippen LogP contribution in [0.3, 0.4) is 0 Å². The summed E-state index contributed by atoms with van der Waals surface area (Å²) >= 11 is 1.53. The van der Waals surface area contributed by atoms with E-state index in [4.69, 9.17) is 0 Å². The molecule has 2 amide bonds. The molecule has 0 spiro atoms. The van der Waals surface area contributed by atoms with E-state index in [1.807, 2.05) is 38.1 Å². The van der Waals surface area contributed by atoms with Crippen molar-refractivity contribution >= 4 is 28.8 Å². The number of fused-ring (bicyclic) bond motifs is 1. The van der Waals surface area contributed by atoms with Gasteiger partial charge in [-0.3, -0.25) is 9.59 Å². The Morgan fingerprint density at radius 2 is 1.40 bits per heavy atom. The van der Waals surface area contributed by atoms with Crippen LogP contribution < -0.4 is 4.90 Å². The van der Waals surface area contributed by atoms with Gasteiger partial charge in [-0.1, -0.05) is 44.7 Å². The summed E-state index contributed by atoms with van der Waals surface area (Å²) in [4.78, 5) is 28.6. The summed E-state index contributed by atoms with van der Waals surface area (Å²) < 4.78 is 0. The molecule has 4 heteroatoms. The van der Waals surface area contributed by atoms with Crippen molar-refractivity contribution in [2.45, 2.75) is 59.3 Å². The van der Waals surface area contributed by atoms with Crippen LogP contribution in [-0.4, -0.2) is 11.8 Å². The van der Waals surface area contributed by atoms with Crippen LogP contribution in [0, 0.1) is 13.8 Å². The van der Waals surface area contributed by atoms with Crippen molar-refractivity contribution in [3.8, 4) is 0 Å². The molecule has 1 aromatic heterocycles. The number of hydrogen-bond donors (Lipinski definition) is 0. The Labute approximate surface area is 153 Å². The predicted molar refractivity (Wildman–Crippen MR) is 104 cm³/mol. The van der Waals surface area contributed by atoms with Crippen LogP contribution in [-0.2, 0) is 6.42 Å². The monoisotopic (exact) mass is 355 g/mol. The molecule has 3 nitrogen and oxygen atoms in total. The van der Waals surface area contributed by atoms with Gasteiger partial charge >= 0.3 is 0 Å². The number of carbonyl (C=O) groups excluding carboxylic acids is 2. The van der Waals surface area contributed by atoms with E-state index >= 15 is 0 Å². The molecule has 2 heterocycles. The minimum atomic E-state index is -0.186. The van der Waals surface area contributed by atoms with E-state index in [0.29, 0.717) is 16.8 Å². The van der Waals surface area contributed by atoms with Gasteiger partial charge in [-0.05, 0) is 44.4 Å². The lowest BCUT2D eigenvalue weighted by molar-refractivity contribution is 0.0926. The molecule has 0 radical (unpaired) electrons.